The Labute approximate surface area is 163 Å². The van der Waals surface area contributed by atoms with E-state index < -0.39 is 6.10 Å². The highest BCUT2D eigenvalue weighted by Crippen LogP contribution is 2.57. The predicted molar refractivity (Wildman–Crippen MR) is 99.9 cm³/mol. The molecule has 0 unspecified atom stereocenters. The van der Waals surface area contributed by atoms with E-state index in [1.165, 1.54) is 0 Å². The second-order valence-corrected chi connectivity index (χ2v) is 7.90. The minimum Gasteiger partial charge on any atom is -0.504 e. The Kier molecular flexibility index (Phi) is 3.70. The minimum atomic E-state index is -0.793. The molecule has 0 radical (unpaired) electrons. The third-order valence-electron chi connectivity index (χ3n) is 6.44. The molecule has 0 spiro atoms. The van der Waals surface area contributed by atoms with Gasteiger partial charge in [0, 0.05) is 6.42 Å². The number of benzene rings is 2. The molecule has 3 aliphatic heterocycles. The number of rotatable bonds is 2. The molecule has 28 heavy (non-hydrogen) atoms. The van der Waals surface area contributed by atoms with E-state index in [1.807, 2.05) is 18.2 Å². The molecule has 3 heterocycles. The Morgan fingerprint density at radius 2 is 2.00 bits per heavy atom. The number of methoxy groups -OCH3 is 2. The van der Waals surface area contributed by atoms with E-state index in [0.717, 1.165) is 35.2 Å². The molecule has 0 bridgehead atoms. The van der Waals surface area contributed by atoms with Gasteiger partial charge in [-0.3, -0.25) is 0 Å². The number of aliphatic hydroxyl groups is 1. The Morgan fingerprint density at radius 3 is 2.75 bits per heavy atom. The lowest BCUT2D eigenvalue weighted by Gasteiger charge is -2.50. The Balaban J connectivity index is 1.71. The predicted octanol–water partition coefficient (Wildman–Crippen LogP) is 2.43. The van der Waals surface area contributed by atoms with Crippen LogP contribution in [-0.4, -0.2) is 49.3 Å². The quantitative estimate of drug-likeness (QED) is 0.772. The van der Waals surface area contributed by atoms with Crippen LogP contribution in [0.5, 0.6) is 28.7 Å². The first-order chi connectivity index (χ1) is 13.5. The summed E-state index contributed by atoms with van der Waals surface area (Å²) < 4.78 is 22.6. The van der Waals surface area contributed by atoms with Gasteiger partial charge in [-0.1, -0.05) is 6.07 Å². The summed E-state index contributed by atoms with van der Waals surface area (Å²) in [5.74, 6) is 2.35. The maximum absolute atomic E-state index is 11.4. The van der Waals surface area contributed by atoms with Crippen molar-refractivity contribution in [1.82, 2.24) is 0 Å². The van der Waals surface area contributed by atoms with Crippen molar-refractivity contribution >= 4 is 0 Å². The minimum absolute atomic E-state index is 0.0852. The van der Waals surface area contributed by atoms with Gasteiger partial charge in [-0.05, 0) is 23.3 Å². The lowest BCUT2D eigenvalue weighted by molar-refractivity contribution is -0.960. The van der Waals surface area contributed by atoms with Crippen molar-refractivity contribution < 1.29 is 33.6 Å². The summed E-state index contributed by atoms with van der Waals surface area (Å²) in [6, 6.07) is 5.35. The molecule has 0 amide bonds. The van der Waals surface area contributed by atoms with Gasteiger partial charge in [0.1, 0.15) is 18.7 Å². The topological polar surface area (TPSA) is 77.4 Å². The summed E-state index contributed by atoms with van der Waals surface area (Å²) in [4.78, 5) is 0. The lowest BCUT2D eigenvalue weighted by Crippen LogP contribution is -2.55. The van der Waals surface area contributed by atoms with Crippen LogP contribution in [0.2, 0.25) is 0 Å². The smallest absolute Gasteiger partial charge is 0.231 e. The number of phenols is 1. The summed E-state index contributed by atoms with van der Waals surface area (Å²) in [5.41, 5.74) is 3.52. The molecule has 2 N–H and O–H groups in total. The monoisotopic (exact) mass is 386 g/mol. The van der Waals surface area contributed by atoms with Gasteiger partial charge < -0.3 is 33.6 Å². The zero-order valence-corrected chi connectivity index (χ0v) is 16.2. The first kappa shape index (κ1) is 17.5. The van der Waals surface area contributed by atoms with Gasteiger partial charge in [0.05, 0.1) is 38.9 Å². The van der Waals surface area contributed by atoms with Gasteiger partial charge in [0.15, 0.2) is 23.0 Å². The second-order valence-electron chi connectivity index (χ2n) is 7.90. The number of likely N-dealkylation sites (N-methyl/N-ethyl adjacent to an activating group) is 1. The highest BCUT2D eigenvalue weighted by atomic mass is 16.7. The zero-order valence-electron chi connectivity index (χ0n) is 16.2. The van der Waals surface area contributed by atoms with Gasteiger partial charge in [-0.15, -0.1) is 0 Å². The summed E-state index contributed by atoms with van der Waals surface area (Å²) in [6.45, 7) is 1.60. The van der Waals surface area contributed by atoms with E-state index in [1.54, 1.807) is 14.2 Å². The van der Waals surface area contributed by atoms with Crippen LogP contribution in [0.1, 0.15) is 34.4 Å². The molecular formula is C21H24NO6+. The van der Waals surface area contributed by atoms with E-state index in [-0.39, 0.29) is 18.6 Å². The number of hydrogen-bond acceptors (Lipinski definition) is 6. The van der Waals surface area contributed by atoms with Crippen LogP contribution in [0.4, 0.5) is 0 Å². The summed E-state index contributed by atoms with van der Waals surface area (Å²) in [5, 5.41) is 22.4. The van der Waals surface area contributed by atoms with Crippen molar-refractivity contribution in [2.45, 2.75) is 25.1 Å². The molecule has 7 nitrogen and oxygen atoms in total. The van der Waals surface area contributed by atoms with Crippen LogP contribution in [0, 0.1) is 0 Å². The lowest BCUT2D eigenvalue weighted by atomic mass is 9.79. The number of nitrogens with zero attached hydrogens (tertiary/aromatic N) is 1. The molecule has 7 heteroatoms. The Morgan fingerprint density at radius 1 is 1.18 bits per heavy atom. The molecule has 0 aromatic heterocycles. The molecule has 2 aromatic rings. The molecule has 0 fully saturated rings. The maximum atomic E-state index is 11.4. The van der Waals surface area contributed by atoms with Gasteiger partial charge in [0.2, 0.25) is 12.5 Å². The van der Waals surface area contributed by atoms with E-state index in [0.29, 0.717) is 34.0 Å². The van der Waals surface area contributed by atoms with Crippen molar-refractivity contribution in [1.29, 1.82) is 0 Å². The molecule has 0 aliphatic carbocycles. The fourth-order valence-electron chi connectivity index (χ4n) is 5.11. The molecule has 0 saturated carbocycles. The molecule has 148 valence electrons. The standard InChI is InChI=1S/C21H23NO6/c1-22-7-6-11-8-15-21(28-10-27-15)19(24)16(11)17(22)18(23)12-4-5-14(25-2)20(26-3)13(12)9-22/h4-5,8,17-18,23H,6-7,9-10H2,1-3H3/p+1/t17-,18+,22+/m1/s1. The second kappa shape index (κ2) is 5.93. The van der Waals surface area contributed by atoms with Gasteiger partial charge in [-0.2, -0.15) is 0 Å². The normalized spacial score (nSPS) is 26.9. The van der Waals surface area contributed by atoms with Crippen LogP contribution in [-0.2, 0) is 13.0 Å². The zero-order chi connectivity index (χ0) is 19.6. The third-order valence-corrected chi connectivity index (χ3v) is 6.44. The summed E-state index contributed by atoms with van der Waals surface area (Å²) in [7, 11) is 5.34. The largest absolute Gasteiger partial charge is 0.504 e. The fraction of sp³-hybridized carbons (Fsp3) is 0.429. The van der Waals surface area contributed by atoms with E-state index >= 15 is 0 Å². The number of hydrogen-bond donors (Lipinski definition) is 2. The third kappa shape index (κ3) is 2.17. The molecule has 5 rings (SSSR count). The van der Waals surface area contributed by atoms with Crippen molar-refractivity contribution in [2.75, 3.05) is 34.6 Å². The highest BCUT2D eigenvalue weighted by Gasteiger charge is 2.51. The first-order valence-electron chi connectivity index (χ1n) is 9.39. The van der Waals surface area contributed by atoms with Crippen molar-refractivity contribution in [3.8, 4) is 28.7 Å². The van der Waals surface area contributed by atoms with Crippen LogP contribution in [0.3, 0.4) is 0 Å². The Hall–Kier alpha value is -2.64. The number of phenolic OH excluding ortho intramolecular Hbond substituents is 1. The highest BCUT2D eigenvalue weighted by molar-refractivity contribution is 5.62. The van der Waals surface area contributed by atoms with Gasteiger partial charge in [0.25, 0.3) is 0 Å². The molecule has 2 aromatic carbocycles. The summed E-state index contributed by atoms with van der Waals surface area (Å²) in [6.07, 6.45) is -0.0141. The van der Waals surface area contributed by atoms with E-state index in [2.05, 4.69) is 7.05 Å². The number of quaternary nitrogens is 1. The Bertz CT molecular complexity index is 974. The van der Waals surface area contributed by atoms with Crippen molar-refractivity contribution in [3.63, 3.8) is 0 Å². The SMILES string of the molecule is COc1ccc2c(c1OC)C[N@+]1(C)CCc3cc4c(c(O)c3[C@@H]1[C@H]2O)OCO4. The van der Waals surface area contributed by atoms with Crippen LogP contribution >= 0.6 is 0 Å². The first-order valence-corrected chi connectivity index (χ1v) is 9.39. The van der Waals surface area contributed by atoms with Crippen LogP contribution in [0.25, 0.3) is 0 Å². The summed E-state index contributed by atoms with van der Waals surface area (Å²) >= 11 is 0. The number of ether oxygens (including phenoxy) is 4. The number of aromatic hydroxyl groups is 1. The maximum Gasteiger partial charge on any atom is 0.231 e. The molecular weight excluding hydrogens is 362 g/mol. The molecule has 0 saturated heterocycles. The molecule has 3 aliphatic rings. The molecule has 3 atom stereocenters. The van der Waals surface area contributed by atoms with Crippen molar-refractivity contribution in [3.05, 3.63) is 40.5 Å². The number of aliphatic hydroxyl groups excluding tert-OH is 1. The number of fused-ring (bicyclic) bond motifs is 5. The van der Waals surface area contributed by atoms with E-state index in [4.69, 9.17) is 18.9 Å². The van der Waals surface area contributed by atoms with Crippen LogP contribution in [0.15, 0.2) is 18.2 Å². The van der Waals surface area contributed by atoms with Crippen LogP contribution < -0.4 is 18.9 Å². The average molecular weight is 386 g/mol. The fourth-order valence-corrected chi connectivity index (χ4v) is 5.11. The van der Waals surface area contributed by atoms with Gasteiger partial charge >= 0.3 is 0 Å². The average Bonchev–Trinajstić information content (AvgIpc) is 3.16. The van der Waals surface area contributed by atoms with Crippen molar-refractivity contribution in [2.24, 2.45) is 0 Å². The van der Waals surface area contributed by atoms with E-state index in [9.17, 15) is 10.2 Å². The van der Waals surface area contributed by atoms with Gasteiger partial charge in [-0.25, -0.2) is 0 Å².